The molecule has 1 radical (unpaired) electrons. The monoisotopic (exact) mass is 802 g/mol. The molecule has 0 saturated heterocycles. The first-order chi connectivity index (χ1) is 27.8. The smallest absolute Gasteiger partial charge is 0.163 e. The van der Waals surface area contributed by atoms with Crippen LogP contribution in [0.25, 0.3) is 100 Å². The summed E-state index contributed by atoms with van der Waals surface area (Å²) in [5.41, 5.74) is 10.5. The van der Waals surface area contributed by atoms with Crippen LogP contribution >= 0.6 is 0 Å². The zero-order chi connectivity index (χ0) is 37.0. The van der Waals surface area contributed by atoms with Crippen molar-refractivity contribution in [2.45, 2.75) is 0 Å². The summed E-state index contributed by atoms with van der Waals surface area (Å²) in [6.07, 6.45) is 0. The Labute approximate surface area is 354 Å². The molecule has 3 aromatic heterocycles. The van der Waals surface area contributed by atoms with E-state index in [0.717, 1.165) is 72.0 Å². The van der Waals surface area contributed by atoms with Gasteiger partial charge in [0.15, 0.2) is 11.6 Å². The van der Waals surface area contributed by atoms with Crippen LogP contribution in [-0.4, -0.2) is 24.1 Å². The molecule has 11 aromatic rings. The Morgan fingerprint density at radius 2 is 0.807 bits per heavy atom. The number of nitrogens with zero attached hydrogens (tertiary/aromatic N) is 5. The molecule has 57 heavy (non-hydrogen) atoms. The molecule has 0 unspecified atom stereocenters. The van der Waals surface area contributed by atoms with Crippen molar-refractivity contribution in [2.75, 3.05) is 0 Å². The zero-order valence-electron chi connectivity index (χ0n) is 30.7. The average molecular weight is 803 g/mol. The maximum Gasteiger partial charge on any atom is 0.163 e. The molecule has 0 atom stereocenters. The molecule has 3 heterocycles. The molecular formula is C51H31N5Y-2. The van der Waals surface area contributed by atoms with Gasteiger partial charge < -0.3 is 9.13 Å². The summed E-state index contributed by atoms with van der Waals surface area (Å²) in [4.78, 5) is 15.9. The molecule has 265 valence electrons. The first kappa shape index (κ1) is 34.9. The number of aromatic nitrogens is 5. The molecule has 6 heteroatoms. The van der Waals surface area contributed by atoms with Gasteiger partial charge in [0.25, 0.3) is 0 Å². The summed E-state index contributed by atoms with van der Waals surface area (Å²) >= 11 is 0. The van der Waals surface area contributed by atoms with E-state index in [0.29, 0.717) is 17.5 Å². The first-order valence-corrected chi connectivity index (χ1v) is 18.7. The largest absolute Gasteiger partial charge is 0.327 e. The fourth-order valence-corrected chi connectivity index (χ4v) is 8.09. The van der Waals surface area contributed by atoms with E-state index in [1.807, 2.05) is 48.5 Å². The number of benzene rings is 8. The molecule has 0 fully saturated rings. The van der Waals surface area contributed by atoms with Crippen molar-refractivity contribution in [3.8, 4) is 56.7 Å². The summed E-state index contributed by atoms with van der Waals surface area (Å²) < 4.78 is 4.70. The summed E-state index contributed by atoms with van der Waals surface area (Å²) in [7, 11) is 0. The third-order valence-electron chi connectivity index (χ3n) is 10.6. The minimum atomic E-state index is 0. The predicted molar refractivity (Wildman–Crippen MR) is 228 cm³/mol. The number of rotatable bonds is 6. The Hall–Kier alpha value is -6.53. The van der Waals surface area contributed by atoms with Crippen molar-refractivity contribution in [1.82, 2.24) is 24.1 Å². The second kappa shape index (κ2) is 14.5. The third kappa shape index (κ3) is 5.90. The molecule has 0 spiro atoms. The molecule has 0 aliphatic heterocycles. The van der Waals surface area contributed by atoms with Crippen LogP contribution in [0.15, 0.2) is 188 Å². The van der Waals surface area contributed by atoms with Gasteiger partial charge in [-0.25, -0.2) is 26.1 Å². The summed E-state index contributed by atoms with van der Waals surface area (Å²) in [5.74, 6) is 1.74. The normalized spacial score (nSPS) is 11.4. The van der Waals surface area contributed by atoms with Gasteiger partial charge in [0.1, 0.15) is 5.82 Å². The van der Waals surface area contributed by atoms with Crippen molar-refractivity contribution in [3.05, 3.63) is 200 Å². The topological polar surface area (TPSA) is 48.5 Å². The van der Waals surface area contributed by atoms with E-state index < -0.39 is 0 Å². The van der Waals surface area contributed by atoms with Gasteiger partial charge in [0.2, 0.25) is 0 Å². The molecular weight excluding hydrogens is 772 g/mol. The molecule has 0 aliphatic rings. The molecule has 0 saturated carbocycles. The van der Waals surface area contributed by atoms with E-state index in [-0.39, 0.29) is 32.7 Å². The van der Waals surface area contributed by atoms with Crippen molar-refractivity contribution >= 4 is 43.6 Å². The van der Waals surface area contributed by atoms with Gasteiger partial charge in [-0.2, -0.15) is 36.4 Å². The second-order valence-electron chi connectivity index (χ2n) is 13.8. The Morgan fingerprint density at radius 1 is 0.386 bits per heavy atom. The van der Waals surface area contributed by atoms with E-state index in [2.05, 4.69) is 161 Å². The minimum Gasteiger partial charge on any atom is -0.327 e. The molecule has 0 bridgehead atoms. The molecule has 0 N–H and O–H groups in total. The van der Waals surface area contributed by atoms with Crippen molar-refractivity contribution in [2.24, 2.45) is 0 Å². The summed E-state index contributed by atoms with van der Waals surface area (Å²) in [6.45, 7) is 0. The van der Waals surface area contributed by atoms with Crippen LogP contribution in [0.2, 0.25) is 0 Å². The summed E-state index contributed by atoms with van der Waals surface area (Å²) in [6, 6.07) is 72.5. The van der Waals surface area contributed by atoms with E-state index in [1.165, 1.54) is 10.8 Å². The second-order valence-corrected chi connectivity index (χ2v) is 13.8. The number of hydrogen-bond donors (Lipinski definition) is 0. The molecule has 8 aromatic carbocycles. The van der Waals surface area contributed by atoms with Crippen LogP contribution in [0.5, 0.6) is 0 Å². The maximum absolute atomic E-state index is 5.39. The number of hydrogen-bond acceptors (Lipinski definition) is 3. The molecule has 0 amide bonds. The summed E-state index contributed by atoms with van der Waals surface area (Å²) in [5, 5.41) is 4.64. The Kier molecular flexibility index (Phi) is 8.90. The van der Waals surface area contributed by atoms with Crippen LogP contribution in [0, 0.1) is 12.1 Å². The SMILES string of the molecule is [Y].[c-]1ccccc1-c1[c-]c(-n2c3ccccc3c3ccccc32)c(-c2nc(-c3ccccc3)nc(-c3ccccc3)n2)c(-n2c3ccccc3c3ccccc32)c1. The Balaban J connectivity index is 0.00000396. The molecule has 11 rings (SSSR count). The van der Waals surface area contributed by atoms with Gasteiger partial charge in [-0.05, 0) is 41.2 Å². The Bertz CT molecular complexity index is 2940. The minimum absolute atomic E-state index is 0. The van der Waals surface area contributed by atoms with Crippen LogP contribution in [-0.2, 0) is 32.7 Å². The van der Waals surface area contributed by atoms with Crippen LogP contribution in [0.3, 0.4) is 0 Å². The van der Waals surface area contributed by atoms with Crippen molar-refractivity contribution < 1.29 is 32.7 Å². The number of fused-ring (bicyclic) bond motifs is 6. The zero-order valence-corrected chi connectivity index (χ0v) is 33.5. The third-order valence-corrected chi connectivity index (χ3v) is 10.6. The fourth-order valence-electron chi connectivity index (χ4n) is 8.09. The van der Waals surface area contributed by atoms with E-state index in [9.17, 15) is 0 Å². The van der Waals surface area contributed by atoms with Gasteiger partial charge in [-0.3, -0.25) is 0 Å². The number of para-hydroxylation sites is 4. The van der Waals surface area contributed by atoms with Gasteiger partial charge in [-0.1, -0.05) is 133 Å². The van der Waals surface area contributed by atoms with Gasteiger partial charge >= 0.3 is 0 Å². The van der Waals surface area contributed by atoms with Crippen molar-refractivity contribution in [1.29, 1.82) is 0 Å². The van der Waals surface area contributed by atoms with Gasteiger partial charge in [-0.15, -0.1) is 6.07 Å². The fraction of sp³-hybridized carbons (Fsp3) is 0. The molecule has 5 nitrogen and oxygen atoms in total. The quantitative estimate of drug-likeness (QED) is 0.157. The van der Waals surface area contributed by atoms with E-state index in [1.54, 1.807) is 0 Å². The van der Waals surface area contributed by atoms with Crippen molar-refractivity contribution in [3.63, 3.8) is 0 Å². The Morgan fingerprint density at radius 3 is 1.28 bits per heavy atom. The maximum atomic E-state index is 5.39. The van der Waals surface area contributed by atoms with Crippen LogP contribution < -0.4 is 0 Å². The van der Waals surface area contributed by atoms with E-state index in [4.69, 9.17) is 15.0 Å². The van der Waals surface area contributed by atoms with Gasteiger partial charge in [0, 0.05) is 65.4 Å². The first-order valence-electron chi connectivity index (χ1n) is 18.7. The van der Waals surface area contributed by atoms with E-state index >= 15 is 0 Å². The van der Waals surface area contributed by atoms with Crippen LogP contribution in [0.4, 0.5) is 0 Å². The average Bonchev–Trinajstić information content (AvgIpc) is 3.80. The standard InChI is InChI=1S/C51H31N5.Y/c1-4-18-34(19-5-1)37-32-46(55-42-28-14-10-24-38(42)39-25-11-15-29-43(39)55)48(47(33-37)56-44-30-16-12-26-40(44)41-27-13-17-31-45(41)56)51-53-49(35-20-6-2-7-21-35)52-50(54-51)36-22-8-3-9-23-36;/h1-18,20-32H;/q-2;. The molecule has 0 aliphatic carbocycles. The predicted octanol–water partition coefficient (Wildman–Crippen LogP) is 12.3. The van der Waals surface area contributed by atoms with Crippen LogP contribution in [0.1, 0.15) is 0 Å². The van der Waals surface area contributed by atoms with Gasteiger partial charge in [0.05, 0.1) is 22.1 Å².